The molecular weight excluding hydrogens is 464 g/mol. The first-order chi connectivity index (χ1) is 15.7. The molecule has 0 aromatic carbocycles. The molecule has 0 saturated carbocycles. The number of aromatic nitrogens is 1. The number of rotatable bonds is 6. The van der Waals surface area contributed by atoms with Gasteiger partial charge in [-0.15, -0.1) is 11.3 Å². The van der Waals surface area contributed by atoms with E-state index >= 15 is 0 Å². The van der Waals surface area contributed by atoms with E-state index in [9.17, 15) is 27.5 Å². The summed E-state index contributed by atoms with van der Waals surface area (Å²) in [5.41, 5.74) is -0.605. The van der Waals surface area contributed by atoms with E-state index in [-0.39, 0.29) is 34.2 Å². The number of aliphatic hydroxyl groups is 1. The van der Waals surface area contributed by atoms with Crippen molar-refractivity contribution in [2.45, 2.75) is 37.4 Å². The molecule has 2 N–H and O–H groups in total. The third-order valence-corrected chi connectivity index (χ3v) is 7.11. The van der Waals surface area contributed by atoms with Crippen LogP contribution in [0.4, 0.5) is 23.4 Å². The quantitative estimate of drug-likeness (QED) is 0.607. The fourth-order valence-corrected chi connectivity index (χ4v) is 5.29. The molecule has 2 fully saturated rings. The van der Waals surface area contributed by atoms with Gasteiger partial charge in [-0.1, -0.05) is 0 Å². The maximum atomic E-state index is 13.7. The highest BCUT2D eigenvalue weighted by Gasteiger charge is 2.36. The maximum Gasteiger partial charge on any atom is 0.417 e. The van der Waals surface area contributed by atoms with Gasteiger partial charge in [-0.2, -0.15) is 13.2 Å². The number of thiophene rings is 1. The number of fused-ring (bicyclic) bond motifs is 1. The molecule has 4 rings (SSSR count). The Morgan fingerprint density at radius 1 is 1.33 bits per heavy atom. The number of β-amino-alcohol motifs (C(OH)–C–C–N with tert-alkyl or cyclic N) is 1. The second-order valence-corrected chi connectivity index (χ2v) is 9.21. The molecule has 2 aromatic rings. The highest BCUT2D eigenvalue weighted by molar-refractivity contribution is 7.17. The summed E-state index contributed by atoms with van der Waals surface area (Å²) < 4.78 is 60.4. The molecule has 0 spiro atoms. The van der Waals surface area contributed by atoms with Crippen molar-refractivity contribution < 1.29 is 32.2 Å². The van der Waals surface area contributed by atoms with E-state index < -0.39 is 29.9 Å². The minimum absolute atomic E-state index is 0.0504. The van der Waals surface area contributed by atoms with Gasteiger partial charge in [0.15, 0.2) is 0 Å². The number of ether oxygens (including phenoxy) is 1. The monoisotopic (exact) mass is 490 g/mol. The first-order valence-electron chi connectivity index (χ1n) is 10.8. The number of aliphatic hydroxyl groups excluding tert-OH is 1. The molecule has 2 aliphatic heterocycles. The fourth-order valence-electron chi connectivity index (χ4n) is 4.27. The lowest BCUT2D eigenvalue weighted by molar-refractivity contribution is -0.136. The van der Waals surface area contributed by atoms with Crippen LogP contribution in [0.2, 0.25) is 0 Å². The van der Waals surface area contributed by atoms with Crippen molar-refractivity contribution in [1.29, 1.82) is 0 Å². The Morgan fingerprint density at radius 3 is 2.67 bits per heavy atom. The third kappa shape index (κ3) is 5.23. The maximum absolute atomic E-state index is 13.7. The van der Waals surface area contributed by atoms with E-state index in [0.29, 0.717) is 45.6 Å². The molecular formula is C21H26F4N4O3S. The molecule has 2 aromatic heterocycles. The number of hydrogen-bond acceptors (Lipinski definition) is 7. The van der Waals surface area contributed by atoms with Crippen LogP contribution in [-0.4, -0.2) is 85.7 Å². The van der Waals surface area contributed by atoms with Crippen molar-refractivity contribution >= 4 is 33.3 Å². The Hall–Kier alpha value is -2.02. The summed E-state index contributed by atoms with van der Waals surface area (Å²) in [7, 11) is 1.42. The zero-order valence-corrected chi connectivity index (χ0v) is 18.9. The molecule has 33 heavy (non-hydrogen) atoms. The van der Waals surface area contributed by atoms with Crippen LogP contribution in [0.1, 0.15) is 28.8 Å². The molecule has 1 amide bonds. The number of piperidine rings is 1. The van der Waals surface area contributed by atoms with E-state index in [2.05, 4.69) is 10.3 Å². The van der Waals surface area contributed by atoms with Crippen molar-refractivity contribution in [2.24, 2.45) is 0 Å². The molecule has 0 aliphatic carbocycles. The lowest BCUT2D eigenvalue weighted by atomic mass is 10.1. The number of amides is 1. The highest BCUT2D eigenvalue weighted by atomic mass is 32.1. The second kappa shape index (κ2) is 9.69. The second-order valence-electron chi connectivity index (χ2n) is 8.33. The van der Waals surface area contributed by atoms with Crippen LogP contribution < -0.4 is 10.2 Å². The number of likely N-dealkylation sites (tertiary alicyclic amines) is 1. The summed E-state index contributed by atoms with van der Waals surface area (Å²) in [6, 6.07) is 1.06. The van der Waals surface area contributed by atoms with E-state index in [0.717, 1.165) is 17.4 Å². The van der Waals surface area contributed by atoms with Gasteiger partial charge in [-0.05, 0) is 18.9 Å². The largest absolute Gasteiger partial charge is 0.417 e. The highest BCUT2D eigenvalue weighted by Crippen LogP contribution is 2.40. The van der Waals surface area contributed by atoms with Crippen LogP contribution in [0.3, 0.4) is 0 Å². The number of carbonyl (C=O) groups excluding carboxylic acids is 1. The van der Waals surface area contributed by atoms with Gasteiger partial charge in [0.1, 0.15) is 12.0 Å². The summed E-state index contributed by atoms with van der Waals surface area (Å²) in [5.74, 6) is -0.285. The van der Waals surface area contributed by atoms with Crippen molar-refractivity contribution in [3.8, 4) is 0 Å². The number of halogens is 4. The molecule has 2 atom stereocenters. The Morgan fingerprint density at radius 2 is 2.06 bits per heavy atom. The minimum Gasteiger partial charge on any atom is -0.389 e. The van der Waals surface area contributed by atoms with Gasteiger partial charge in [0.2, 0.25) is 0 Å². The topological polar surface area (TPSA) is 77.9 Å². The normalized spacial score (nSPS) is 22.9. The zero-order valence-electron chi connectivity index (χ0n) is 18.1. The van der Waals surface area contributed by atoms with Crippen LogP contribution in [0, 0.1) is 0 Å². The predicted octanol–water partition coefficient (Wildman–Crippen LogP) is 2.67. The van der Waals surface area contributed by atoms with Crippen LogP contribution in [0.5, 0.6) is 0 Å². The number of nitrogens with zero attached hydrogens (tertiary/aromatic N) is 3. The van der Waals surface area contributed by atoms with Crippen molar-refractivity contribution in [3.05, 3.63) is 22.6 Å². The van der Waals surface area contributed by atoms with Gasteiger partial charge in [0.05, 0.1) is 40.2 Å². The summed E-state index contributed by atoms with van der Waals surface area (Å²) >= 11 is 0.862. The zero-order chi connectivity index (χ0) is 23.8. The summed E-state index contributed by atoms with van der Waals surface area (Å²) in [6.45, 7) is 2.34. The number of carbonyl (C=O) groups is 1. The lowest BCUT2D eigenvalue weighted by Gasteiger charge is -2.33. The van der Waals surface area contributed by atoms with Crippen LogP contribution >= 0.6 is 11.3 Å². The van der Waals surface area contributed by atoms with Gasteiger partial charge in [0.25, 0.3) is 5.91 Å². The minimum atomic E-state index is -4.57. The molecule has 7 nitrogen and oxygen atoms in total. The Kier molecular flexibility index (Phi) is 7.08. The van der Waals surface area contributed by atoms with Gasteiger partial charge in [-0.25, -0.2) is 9.37 Å². The van der Waals surface area contributed by atoms with Crippen LogP contribution in [0.25, 0.3) is 10.2 Å². The molecule has 2 saturated heterocycles. The average molecular weight is 491 g/mol. The Balaban J connectivity index is 1.42. The number of hydrogen-bond donors (Lipinski definition) is 2. The van der Waals surface area contributed by atoms with Gasteiger partial charge >= 0.3 is 6.18 Å². The van der Waals surface area contributed by atoms with Crippen LogP contribution in [-0.2, 0) is 10.9 Å². The number of anilines is 1. The van der Waals surface area contributed by atoms with Gasteiger partial charge < -0.3 is 20.1 Å². The summed E-state index contributed by atoms with van der Waals surface area (Å²) in [4.78, 5) is 20.1. The molecule has 12 heteroatoms. The molecule has 2 unspecified atom stereocenters. The SMILES string of the molecule is CNC(=O)c1csc2c(C(F)(F)F)cc(N3CCC(OCCN4CC(O)C(F)C4)CC3)nc12. The summed E-state index contributed by atoms with van der Waals surface area (Å²) in [5, 5.41) is 13.3. The Labute approximate surface area is 192 Å². The molecule has 4 heterocycles. The van der Waals surface area contributed by atoms with E-state index in [1.807, 2.05) is 4.90 Å². The fraction of sp³-hybridized carbons (Fsp3) is 0.619. The average Bonchev–Trinajstić information content (AvgIpc) is 3.35. The lowest BCUT2D eigenvalue weighted by Crippen LogP contribution is -2.38. The van der Waals surface area contributed by atoms with E-state index in [1.165, 1.54) is 12.4 Å². The first kappa shape index (κ1) is 24.1. The first-order valence-corrected chi connectivity index (χ1v) is 11.7. The van der Waals surface area contributed by atoms with Crippen molar-refractivity contribution in [1.82, 2.24) is 15.2 Å². The molecule has 2 aliphatic rings. The van der Waals surface area contributed by atoms with Crippen molar-refractivity contribution in [2.75, 3.05) is 51.3 Å². The van der Waals surface area contributed by atoms with Gasteiger partial charge in [-0.3, -0.25) is 9.69 Å². The molecule has 0 radical (unpaired) electrons. The smallest absolute Gasteiger partial charge is 0.389 e. The predicted molar refractivity (Wildman–Crippen MR) is 117 cm³/mol. The number of alkyl halides is 4. The Bertz CT molecular complexity index is 984. The standard InChI is InChI=1S/C21H26F4N4O3S/c1-26-20(31)13-11-33-19-14(21(23,24)25)8-17(27-18(13)19)29-4-2-12(3-5-29)32-7-6-28-9-15(22)16(30)10-28/h8,11-12,15-16,30H,2-7,9-10H2,1H3,(H,26,31). The number of nitrogens with one attached hydrogen (secondary N) is 1. The van der Waals surface area contributed by atoms with Crippen molar-refractivity contribution in [3.63, 3.8) is 0 Å². The number of pyridine rings is 1. The van der Waals surface area contributed by atoms with E-state index in [4.69, 9.17) is 4.74 Å². The molecule has 0 bridgehead atoms. The van der Waals surface area contributed by atoms with E-state index in [1.54, 1.807) is 4.90 Å². The van der Waals surface area contributed by atoms with Gasteiger partial charge in [0, 0.05) is 45.2 Å². The van der Waals surface area contributed by atoms with Crippen LogP contribution in [0.15, 0.2) is 11.4 Å². The summed E-state index contributed by atoms with van der Waals surface area (Å²) in [6.07, 6.45) is -5.57. The third-order valence-electron chi connectivity index (χ3n) is 6.11. The molecule has 182 valence electrons.